The van der Waals surface area contributed by atoms with Crippen molar-refractivity contribution in [2.24, 2.45) is 17.8 Å². The van der Waals surface area contributed by atoms with Crippen molar-refractivity contribution in [2.75, 3.05) is 17.6 Å². The Morgan fingerprint density at radius 2 is 1.85 bits per heavy atom. The molecule has 0 saturated carbocycles. The molecule has 3 unspecified atom stereocenters. The van der Waals surface area contributed by atoms with E-state index in [1.807, 2.05) is 37.3 Å². The van der Waals surface area contributed by atoms with E-state index in [0.29, 0.717) is 25.0 Å². The number of hydrogen-bond donors (Lipinski definition) is 4. The van der Waals surface area contributed by atoms with Crippen LogP contribution in [0.15, 0.2) is 70.2 Å². The Bertz CT molecular complexity index is 1450. The first-order chi connectivity index (χ1) is 18.8. The zero-order chi connectivity index (χ0) is 27.9. The second-order valence-corrected chi connectivity index (χ2v) is 9.58. The Morgan fingerprint density at radius 1 is 1.08 bits per heavy atom. The Morgan fingerprint density at radius 3 is 2.59 bits per heavy atom. The van der Waals surface area contributed by atoms with Crippen LogP contribution in [0, 0.1) is 17.8 Å². The minimum absolute atomic E-state index is 0.0507. The zero-order valence-electron chi connectivity index (χ0n) is 21.4. The van der Waals surface area contributed by atoms with E-state index in [2.05, 4.69) is 25.9 Å². The molecule has 0 fully saturated rings. The number of nitrogens with zero attached hydrogens (tertiary/aromatic N) is 2. The van der Waals surface area contributed by atoms with Crippen molar-refractivity contribution in [3.05, 3.63) is 92.5 Å². The minimum atomic E-state index is -0.694. The predicted octanol–water partition coefficient (Wildman–Crippen LogP) is 1.41. The number of rotatable bonds is 8. The van der Waals surface area contributed by atoms with Gasteiger partial charge in [-0.15, -0.1) is 0 Å². The lowest BCUT2D eigenvalue weighted by molar-refractivity contribution is -0.109. The van der Waals surface area contributed by atoms with Crippen LogP contribution in [0.25, 0.3) is 0 Å². The molecule has 4 rings (SSSR count). The van der Waals surface area contributed by atoms with Crippen LogP contribution in [0.1, 0.15) is 47.2 Å². The molecule has 202 valence electrons. The third-order valence-corrected chi connectivity index (χ3v) is 6.91. The molecule has 2 amide bonds. The SMILES string of the molecule is CC1C(Nc2c(N)c(=O)c2=O)=CC=CC1CNC(=O)c1cc(C(=O)N[C@@H]2/C=C/CC(C=O)/C=C/CC2)ncn1. The first-order valence-corrected chi connectivity index (χ1v) is 12.7. The van der Waals surface area contributed by atoms with Gasteiger partial charge in [-0.3, -0.25) is 19.2 Å². The van der Waals surface area contributed by atoms with Gasteiger partial charge in [-0.1, -0.05) is 43.4 Å². The van der Waals surface area contributed by atoms with Crippen LogP contribution in [-0.2, 0) is 4.79 Å². The summed E-state index contributed by atoms with van der Waals surface area (Å²) in [4.78, 5) is 67.9. The topological polar surface area (TPSA) is 173 Å². The molecule has 4 atom stereocenters. The van der Waals surface area contributed by atoms with Crippen molar-refractivity contribution in [1.29, 1.82) is 0 Å². The van der Waals surface area contributed by atoms with E-state index in [-0.39, 0.29) is 53.1 Å². The van der Waals surface area contributed by atoms with Gasteiger partial charge in [0.25, 0.3) is 22.7 Å². The fourth-order valence-corrected chi connectivity index (χ4v) is 4.42. The third kappa shape index (κ3) is 6.43. The number of nitrogens with two attached hydrogens (primary N) is 1. The standard InChI is InChI=1S/C28H30N6O5/c1-16-18(8-5-11-20(16)34-24-23(29)25(36)26(24)37)13-30-27(38)21-12-22(32-15-31-21)28(39)33-19-9-3-2-6-17(14-35)7-4-10-19/h2,4-6,8,10-12,14-19,34H,3,7,9,13,29H2,1H3,(H,30,38)(H,33,39)/b6-2+,10-4+/t16?,17?,18?,19-/m0/s1. The van der Waals surface area contributed by atoms with E-state index in [0.717, 1.165) is 6.29 Å². The molecule has 1 aromatic heterocycles. The monoisotopic (exact) mass is 530 g/mol. The van der Waals surface area contributed by atoms with Crippen LogP contribution in [0.4, 0.5) is 11.4 Å². The molecule has 0 radical (unpaired) electrons. The first-order valence-electron chi connectivity index (χ1n) is 12.7. The number of aldehydes is 1. The van der Waals surface area contributed by atoms with Crippen molar-refractivity contribution in [1.82, 2.24) is 20.6 Å². The molecule has 0 saturated heterocycles. The Labute approximate surface area is 224 Å². The maximum atomic E-state index is 12.8. The first kappa shape index (κ1) is 27.4. The third-order valence-electron chi connectivity index (χ3n) is 6.91. The lowest BCUT2D eigenvalue weighted by atomic mass is 9.86. The van der Waals surface area contributed by atoms with Crippen LogP contribution in [-0.4, -0.2) is 40.7 Å². The number of hydrogen-bond acceptors (Lipinski definition) is 9. The number of carbonyl (C=O) groups is 3. The van der Waals surface area contributed by atoms with Gasteiger partial charge >= 0.3 is 0 Å². The van der Waals surface area contributed by atoms with Gasteiger partial charge in [0, 0.05) is 42.1 Å². The van der Waals surface area contributed by atoms with Gasteiger partial charge in [-0.2, -0.15) is 0 Å². The smallest absolute Gasteiger partial charge is 0.270 e. The second-order valence-electron chi connectivity index (χ2n) is 9.58. The molecule has 2 aromatic rings. The predicted molar refractivity (Wildman–Crippen MR) is 147 cm³/mol. The highest BCUT2D eigenvalue weighted by atomic mass is 16.2. The number of amides is 2. The normalized spacial score (nSPS) is 24.4. The molecule has 0 spiro atoms. The lowest BCUT2D eigenvalue weighted by Gasteiger charge is -2.28. The second kappa shape index (κ2) is 12.2. The van der Waals surface area contributed by atoms with E-state index in [1.165, 1.54) is 12.4 Å². The maximum Gasteiger partial charge on any atom is 0.270 e. The molecule has 39 heavy (non-hydrogen) atoms. The van der Waals surface area contributed by atoms with E-state index in [4.69, 9.17) is 5.73 Å². The quantitative estimate of drug-likeness (QED) is 0.224. The number of nitrogen functional groups attached to an aromatic ring is 1. The average molecular weight is 531 g/mol. The van der Waals surface area contributed by atoms with Crippen LogP contribution in [0.2, 0.25) is 0 Å². The summed E-state index contributed by atoms with van der Waals surface area (Å²) in [6.45, 7) is 2.19. The minimum Gasteiger partial charge on any atom is -0.394 e. The summed E-state index contributed by atoms with van der Waals surface area (Å²) in [5.41, 5.74) is 5.11. The van der Waals surface area contributed by atoms with Crippen molar-refractivity contribution in [3.63, 3.8) is 0 Å². The molecule has 11 nitrogen and oxygen atoms in total. The highest BCUT2D eigenvalue weighted by Crippen LogP contribution is 2.27. The fraction of sp³-hybridized carbons (Fsp3) is 0.321. The number of anilines is 2. The Kier molecular flexibility index (Phi) is 8.60. The van der Waals surface area contributed by atoms with Gasteiger partial charge in [0.05, 0.1) is 0 Å². The maximum absolute atomic E-state index is 12.8. The average Bonchev–Trinajstić information content (AvgIpc) is 3.07. The van der Waals surface area contributed by atoms with Crippen molar-refractivity contribution < 1.29 is 14.4 Å². The Balaban J connectivity index is 1.33. The van der Waals surface area contributed by atoms with E-state index in [1.54, 1.807) is 12.2 Å². The van der Waals surface area contributed by atoms with Gasteiger partial charge in [-0.05, 0) is 25.3 Å². The molecule has 1 aromatic carbocycles. The summed E-state index contributed by atoms with van der Waals surface area (Å²) in [5, 5.41) is 8.69. The van der Waals surface area contributed by atoms with Crippen LogP contribution < -0.4 is 32.5 Å². The summed E-state index contributed by atoms with van der Waals surface area (Å²) >= 11 is 0. The Hall–Kier alpha value is -4.67. The van der Waals surface area contributed by atoms with Crippen LogP contribution in [0.5, 0.6) is 0 Å². The summed E-state index contributed by atoms with van der Waals surface area (Å²) in [7, 11) is 0. The van der Waals surface area contributed by atoms with Crippen molar-refractivity contribution >= 4 is 29.5 Å². The fourth-order valence-electron chi connectivity index (χ4n) is 4.42. The van der Waals surface area contributed by atoms with Gasteiger partial charge in [0.1, 0.15) is 35.4 Å². The van der Waals surface area contributed by atoms with Gasteiger partial charge in [0.15, 0.2) is 0 Å². The highest BCUT2D eigenvalue weighted by molar-refractivity contribution is 5.97. The molecule has 5 N–H and O–H groups in total. The lowest BCUT2D eigenvalue weighted by Crippen LogP contribution is -2.39. The molecule has 0 aliphatic heterocycles. The molecular formula is C28H30N6O5. The number of nitrogens with one attached hydrogen (secondary N) is 3. The molecule has 2 aliphatic carbocycles. The molecule has 0 bridgehead atoms. The molecular weight excluding hydrogens is 500 g/mol. The summed E-state index contributed by atoms with van der Waals surface area (Å²) < 4.78 is 0. The summed E-state index contributed by atoms with van der Waals surface area (Å²) in [6, 6.07) is 1.10. The van der Waals surface area contributed by atoms with E-state index in [9.17, 15) is 24.0 Å². The van der Waals surface area contributed by atoms with Crippen LogP contribution >= 0.6 is 0 Å². The van der Waals surface area contributed by atoms with E-state index >= 15 is 0 Å². The number of aromatic nitrogens is 2. The molecule has 1 heterocycles. The number of carbonyl (C=O) groups excluding carboxylic acids is 3. The summed E-state index contributed by atoms with van der Waals surface area (Å²) in [5.74, 6) is -1.28. The number of allylic oxidation sites excluding steroid dienone is 6. The largest absolute Gasteiger partial charge is 0.394 e. The molecule has 2 aliphatic rings. The van der Waals surface area contributed by atoms with Crippen molar-refractivity contribution in [2.45, 2.75) is 32.2 Å². The van der Waals surface area contributed by atoms with Crippen molar-refractivity contribution in [3.8, 4) is 0 Å². The van der Waals surface area contributed by atoms with E-state index < -0.39 is 22.7 Å². The van der Waals surface area contributed by atoms with Crippen LogP contribution in [0.3, 0.4) is 0 Å². The van der Waals surface area contributed by atoms with Gasteiger partial charge in [0.2, 0.25) is 0 Å². The summed E-state index contributed by atoms with van der Waals surface area (Å²) in [6.07, 6.45) is 17.1. The van der Waals surface area contributed by atoms with Gasteiger partial charge in [-0.25, -0.2) is 9.97 Å². The highest BCUT2D eigenvalue weighted by Gasteiger charge is 2.26. The molecule has 11 heteroatoms. The zero-order valence-corrected chi connectivity index (χ0v) is 21.4. The van der Waals surface area contributed by atoms with Gasteiger partial charge < -0.3 is 26.5 Å².